The van der Waals surface area contributed by atoms with Crippen LogP contribution in [0.25, 0.3) is 22.6 Å². The van der Waals surface area contributed by atoms with Gasteiger partial charge in [-0.05, 0) is 55.5 Å². The van der Waals surface area contributed by atoms with Crippen LogP contribution in [0.5, 0.6) is 5.75 Å². The van der Waals surface area contributed by atoms with Gasteiger partial charge in [-0.2, -0.15) is 13.2 Å². The number of amides is 1. The molecule has 0 saturated heterocycles. The number of aromatic hydroxyl groups is 1. The maximum atomic E-state index is 13.6. The van der Waals surface area contributed by atoms with E-state index in [1.54, 1.807) is 6.07 Å². The number of halogens is 4. The molecular formula is C20H14F4N2O3. The summed E-state index contributed by atoms with van der Waals surface area (Å²) in [6, 6.07) is 5.86. The van der Waals surface area contributed by atoms with Crippen LogP contribution < -0.4 is 5.32 Å². The Morgan fingerprint density at radius 2 is 1.93 bits per heavy atom. The monoisotopic (exact) mass is 406 g/mol. The van der Waals surface area contributed by atoms with Gasteiger partial charge in [0.2, 0.25) is 5.89 Å². The van der Waals surface area contributed by atoms with Crippen LogP contribution >= 0.6 is 0 Å². The van der Waals surface area contributed by atoms with E-state index in [1.807, 2.05) is 0 Å². The molecule has 3 aliphatic carbocycles. The molecule has 3 aromatic rings. The van der Waals surface area contributed by atoms with Gasteiger partial charge < -0.3 is 14.8 Å². The second-order valence-electron chi connectivity index (χ2n) is 7.77. The first-order chi connectivity index (χ1) is 13.6. The summed E-state index contributed by atoms with van der Waals surface area (Å²) < 4.78 is 58.1. The zero-order valence-corrected chi connectivity index (χ0v) is 14.8. The van der Waals surface area contributed by atoms with Crippen molar-refractivity contribution in [3.8, 4) is 17.2 Å². The highest BCUT2D eigenvalue weighted by Gasteiger charge is 2.57. The number of phenols is 1. The first-order valence-corrected chi connectivity index (χ1v) is 8.97. The number of carbonyl (C=O) groups is 1. The number of phenolic OH excluding ortho intramolecular Hbond substituents is 1. The third kappa shape index (κ3) is 2.83. The molecule has 6 rings (SSSR count). The van der Waals surface area contributed by atoms with Crippen molar-refractivity contribution in [2.45, 2.75) is 31.0 Å². The van der Waals surface area contributed by atoms with Crippen molar-refractivity contribution in [1.82, 2.24) is 10.3 Å². The summed E-state index contributed by atoms with van der Waals surface area (Å²) in [5.41, 5.74) is -1.06. The number of hydrogen-bond donors (Lipinski definition) is 2. The number of fused-ring (bicyclic) bond motifs is 1. The molecule has 9 heteroatoms. The average molecular weight is 406 g/mol. The van der Waals surface area contributed by atoms with E-state index in [-0.39, 0.29) is 34.0 Å². The van der Waals surface area contributed by atoms with E-state index in [0.29, 0.717) is 17.5 Å². The van der Waals surface area contributed by atoms with Crippen molar-refractivity contribution in [1.29, 1.82) is 0 Å². The molecule has 2 bridgehead atoms. The first kappa shape index (κ1) is 18.0. The van der Waals surface area contributed by atoms with Gasteiger partial charge in [0.1, 0.15) is 5.52 Å². The van der Waals surface area contributed by atoms with E-state index in [2.05, 4.69) is 10.3 Å². The highest BCUT2D eigenvalue weighted by atomic mass is 19.4. The van der Waals surface area contributed by atoms with Gasteiger partial charge in [-0.1, -0.05) is 0 Å². The third-order valence-corrected chi connectivity index (χ3v) is 5.67. The van der Waals surface area contributed by atoms with Crippen molar-refractivity contribution in [2.24, 2.45) is 5.92 Å². The molecule has 3 fully saturated rings. The molecule has 5 nitrogen and oxygen atoms in total. The van der Waals surface area contributed by atoms with Crippen LogP contribution in [0, 0.1) is 11.7 Å². The number of nitrogens with one attached hydrogen (secondary N) is 1. The summed E-state index contributed by atoms with van der Waals surface area (Å²) in [6.45, 7) is 0. The molecule has 0 atom stereocenters. The largest absolute Gasteiger partial charge is 0.505 e. The zero-order chi connectivity index (χ0) is 20.6. The minimum absolute atomic E-state index is 0.0919. The maximum absolute atomic E-state index is 13.6. The van der Waals surface area contributed by atoms with E-state index in [1.165, 1.54) is 12.1 Å². The number of alkyl halides is 3. The predicted molar refractivity (Wildman–Crippen MR) is 93.6 cm³/mol. The Balaban J connectivity index is 1.49. The normalized spacial score (nSPS) is 22.8. The van der Waals surface area contributed by atoms with Gasteiger partial charge in [0, 0.05) is 16.7 Å². The number of benzene rings is 2. The standard InChI is InChI=1S/C20H14F4N2O3/c21-16-12(20(22,23)24)3-11(5-14(16)27)18-25-13-4-10(1-2-15(13)29-18)17(28)26-19-6-9(7-19)8-19/h1-5,9,27H,6-8H2,(H,26,28). The lowest BCUT2D eigenvalue weighted by Crippen LogP contribution is -2.68. The smallest absolute Gasteiger partial charge is 0.419 e. The summed E-state index contributed by atoms with van der Waals surface area (Å²) in [5, 5.41) is 12.6. The highest BCUT2D eigenvalue weighted by Crippen LogP contribution is 2.57. The van der Waals surface area contributed by atoms with Crippen LogP contribution in [0.3, 0.4) is 0 Å². The summed E-state index contributed by atoms with van der Waals surface area (Å²) in [7, 11) is 0. The van der Waals surface area contributed by atoms with Crippen molar-refractivity contribution in [2.75, 3.05) is 0 Å². The van der Waals surface area contributed by atoms with Crippen LogP contribution in [0.4, 0.5) is 17.6 Å². The molecule has 3 aliphatic rings. The van der Waals surface area contributed by atoms with Crippen LogP contribution in [-0.2, 0) is 6.18 Å². The lowest BCUT2D eigenvalue weighted by molar-refractivity contribution is -0.140. The quantitative estimate of drug-likeness (QED) is 0.622. The predicted octanol–water partition coefficient (Wildman–Crippen LogP) is 4.64. The second kappa shape index (κ2) is 5.71. The molecule has 150 valence electrons. The molecule has 1 amide bonds. The summed E-state index contributed by atoms with van der Waals surface area (Å²) in [4.78, 5) is 16.6. The van der Waals surface area contributed by atoms with Gasteiger partial charge >= 0.3 is 6.18 Å². The van der Waals surface area contributed by atoms with Gasteiger partial charge in [-0.25, -0.2) is 9.37 Å². The van der Waals surface area contributed by atoms with Crippen LogP contribution in [0.1, 0.15) is 35.2 Å². The molecule has 0 aliphatic heterocycles. The molecule has 1 heterocycles. The van der Waals surface area contributed by atoms with Gasteiger partial charge in [-0.15, -0.1) is 0 Å². The van der Waals surface area contributed by atoms with Crippen LogP contribution in [0.15, 0.2) is 34.7 Å². The van der Waals surface area contributed by atoms with Gasteiger partial charge in [0.15, 0.2) is 17.1 Å². The maximum Gasteiger partial charge on any atom is 0.419 e. The van der Waals surface area contributed by atoms with E-state index in [9.17, 15) is 27.5 Å². The molecule has 0 unspecified atom stereocenters. The lowest BCUT2D eigenvalue weighted by atomic mass is 9.50. The molecule has 0 radical (unpaired) electrons. The van der Waals surface area contributed by atoms with E-state index >= 15 is 0 Å². The van der Waals surface area contributed by atoms with E-state index in [4.69, 9.17) is 4.42 Å². The molecule has 0 spiro atoms. The van der Waals surface area contributed by atoms with Crippen LogP contribution in [0.2, 0.25) is 0 Å². The van der Waals surface area contributed by atoms with Gasteiger partial charge in [-0.3, -0.25) is 4.79 Å². The number of carbonyl (C=O) groups excluding carboxylic acids is 1. The molecule has 2 aromatic carbocycles. The Morgan fingerprint density at radius 1 is 1.21 bits per heavy atom. The first-order valence-electron chi connectivity index (χ1n) is 8.97. The Morgan fingerprint density at radius 3 is 2.55 bits per heavy atom. The molecule has 1 aromatic heterocycles. The third-order valence-electron chi connectivity index (χ3n) is 5.67. The van der Waals surface area contributed by atoms with Gasteiger partial charge in [0.25, 0.3) is 5.91 Å². The molecule has 3 saturated carbocycles. The highest BCUT2D eigenvalue weighted by molar-refractivity contribution is 5.98. The number of aromatic nitrogens is 1. The SMILES string of the molecule is O=C(NC12CC(C1)C2)c1ccc2oc(-c3cc(O)c(F)c(C(F)(F)F)c3)nc2c1. The lowest BCUT2D eigenvalue weighted by Gasteiger charge is -2.61. The van der Waals surface area contributed by atoms with Gasteiger partial charge in [0.05, 0.1) is 5.56 Å². The van der Waals surface area contributed by atoms with Crippen molar-refractivity contribution in [3.05, 3.63) is 47.3 Å². The second-order valence-corrected chi connectivity index (χ2v) is 7.77. The van der Waals surface area contributed by atoms with E-state index in [0.717, 1.165) is 25.3 Å². The minimum Gasteiger partial charge on any atom is -0.505 e. The minimum atomic E-state index is -4.99. The Kier molecular flexibility index (Phi) is 3.54. The number of oxazole rings is 1. The fourth-order valence-electron chi connectivity index (χ4n) is 4.08. The fourth-order valence-corrected chi connectivity index (χ4v) is 4.08. The molecular weight excluding hydrogens is 392 g/mol. The number of hydrogen-bond acceptors (Lipinski definition) is 4. The van der Waals surface area contributed by atoms with Crippen LogP contribution in [-0.4, -0.2) is 21.5 Å². The Labute approximate surface area is 161 Å². The summed E-state index contributed by atoms with van der Waals surface area (Å²) in [6.07, 6.45) is -2.02. The Hall–Kier alpha value is -3.10. The topological polar surface area (TPSA) is 75.4 Å². The fraction of sp³-hybridized carbons (Fsp3) is 0.300. The van der Waals surface area contributed by atoms with Crippen molar-refractivity contribution in [3.63, 3.8) is 0 Å². The zero-order valence-electron chi connectivity index (χ0n) is 14.8. The summed E-state index contributed by atoms with van der Waals surface area (Å²) >= 11 is 0. The molecule has 29 heavy (non-hydrogen) atoms. The van der Waals surface area contributed by atoms with E-state index < -0.39 is 23.3 Å². The Bertz CT molecular complexity index is 1150. The molecule has 2 N–H and O–H groups in total. The average Bonchev–Trinajstić information content (AvgIpc) is 3.01. The number of nitrogens with zero attached hydrogens (tertiary/aromatic N) is 1. The van der Waals surface area contributed by atoms with Crippen molar-refractivity contribution < 1.29 is 31.9 Å². The number of rotatable bonds is 3. The van der Waals surface area contributed by atoms with Crippen molar-refractivity contribution >= 4 is 17.0 Å². The summed E-state index contributed by atoms with van der Waals surface area (Å²) in [5.74, 6) is -2.67.